The molecule has 0 saturated heterocycles. The summed E-state index contributed by atoms with van der Waals surface area (Å²) in [6.45, 7) is 4.03. The summed E-state index contributed by atoms with van der Waals surface area (Å²) in [6, 6.07) is 9.51. The third-order valence-corrected chi connectivity index (χ3v) is 4.22. The molecule has 2 amide bonds. The summed E-state index contributed by atoms with van der Waals surface area (Å²) >= 11 is 5.34. The molecular weight excluding hydrogens is 322 g/mol. The van der Waals surface area contributed by atoms with Gasteiger partial charge in [0, 0.05) is 19.4 Å². The fourth-order valence-electron chi connectivity index (χ4n) is 2.62. The Morgan fingerprint density at radius 2 is 1.83 bits per heavy atom. The second-order valence-electron chi connectivity index (χ2n) is 6.36. The van der Waals surface area contributed by atoms with Gasteiger partial charge >= 0.3 is 0 Å². The van der Waals surface area contributed by atoms with E-state index < -0.39 is 11.8 Å². The van der Waals surface area contributed by atoms with Crippen LogP contribution < -0.4 is 16.4 Å². The molecule has 4 N–H and O–H groups in total. The fraction of sp³-hybridized carbons (Fsp3) is 0.500. The predicted molar refractivity (Wildman–Crippen MR) is 100 cm³/mol. The molecule has 132 valence electrons. The lowest BCUT2D eigenvalue weighted by Crippen LogP contribution is -2.48. The molecule has 1 aromatic rings. The second-order valence-corrected chi connectivity index (χ2v) is 6.80. The lowest BCUT2D eigenvalue weighted by Gasteiger charge is -2.24. The van der Waals surface area contributed by atoms with Crippen molar-refractivity contribution in [2.75, 3.05) is 7.05 Å². The van der Waals surface area contributed by atoms with Gasteiger partial charge in [0.2, 0.25) is 11.8 Å². The van der Waals surface area contributed by atoms with E-state index in [-0.39, 0.29) is 18.4 Å². The van der Waals surface area contributed by atoms with E-state index in [1.54, 1.807) is 7.05 Å². The average molecular weight is 350 g/mol. The summed E-state index contributed by atoms with van der Waals surface area (Å²) in [4.78, 5) is 24.5. The molecule has 2 atom stereocenters. The maximum Gasteiger partial charge on any atom is 0.224 e. The van der Waals surface area contributed by atoms with Gasteiger partial charge in [-0.3, -0.25) is 9.59 Å². The summed E-state index contributed by atoms with van der Waals surface area (Å²) in [5.74, 6) is -0.781. The van der Waals surface area contributed by atoms with E-state index in [1.165, 1.54) is 0 Å². The highest BCUT2D eigenvalue weighted by atomic mass is 32.1. The number of carbonyl (C=O) groups is 2. The number of primary amides is 1. The molecule has 0 unspecified atom stereocenters. The van der Waals surface area contributed by atoms with Crippen molar-refractivity contribution in [1.29, 1.82) is 0 Å². The second kappa shape index (κ2) is 10.0. The Bertz CT molecular complexity index is 561. The van der Waals surface area contributed by atoms with E-state index in [0.717, 1.165) is 5.56 Å². The van der Waals surface area contributed by atoms with Crippen molar-refractivity contribution in [3.05, 3.63) is 35.9 Å². The largest absolute Gasteiger partial charge is 0.381 e. The highest BCUT2D eigenvalue weighted by Gasteiger charge is 2.25. The summed E-state index contributed by atoms with van der Waals surface area (Å²) < 4.78 is 0. The smallest absolute Gasteiger partial charge is 0.224 e. The van der Waals surface area contributed by atoms with E-state index in [9.17, 15) is 9.59 Å². The van der Waals surface area contributed by atoms with Crippen LogP contribution in [0.5, 0.6) is 0 Å². The van der Waals surface area contributed by atoms with Gasteiger partial charge in [0.15, 0.2) is 0 Å². The van der Waals surface area contributed by atoms with Crippen molar-refractivity contribution in [2.45, 2.75) is 39.2 Å². The highest BCUT2D eigenvalue weighted by Crippen LogP contribution is 2.16. The number of thiocarbonyl (C=S) groups is 1. The van der Waals surface area contributed by atoms with Crippen LogP contribution in [-0.2, 0) is 16.0 Å². The first kappa shape index (κ1) is 20.1. The van der Waals surface area contributed by atoms with Crippen LogP contribution in [0.3, 0.4) is 0 Å². The zero-order valence-electron chi connectivity index (χ0n) is 14.5. The number of rotatable bonds is 9. The van der Waals surface area contributed by atoms with Crippen LogP contribution in [0.15, 0.2) is 30.3 Å². The van der Waals surface area contributed by atoms with Crippen LogP contribution >= 0.6 is 12.2 Å². The average Bonchev–Trinajstić information content (AvgIpc) is 2.52. The third-order valence-electron chi connectivity index (χ3n) is 3.74. The minimum atomic E-state index is -0.466. The topological polar surface area (TPSA) is 84.2 Å². The Balaban J connectivity index is 2.84. The first-order valence-corrected chi connectivity index (χ1v) is 8.58. The summed E-state index contributed by atoms with van der Waals surface area (Å²) in [5.41, 5.74) is 6.37. The zero-order chi connectivity index (χ0) is 18.1. The van der Waals surface area contributed by atoms with Gasteiger partial charge in [-0.1, -0.05) is 56.4 Å². The molecule has 1 aromatic carbocycles. The molecule has 0 aliphatic heterocycles. The molecule has 6 heteroatoms. The number of nitrogens with one attached hydrogen (secondary N) is 2. The van der Waals surface area contributed by atoms with Gasteiger partial charge in [0.25, 0.3) is 0 Å². The van der Waals surface area contributed by atoms with E-state index in [4.69, 9.17) is 18.0 Å². The molecule has 0 spiro atoms. The van der Waals surface area contributed by atoms with Crippen LogP contribution in [-0.4, -0.2) is 29.9 Å². The highest BCUT2D eigenvalue weighted by molar-refractivity contribution is 7.80. The number of amides is 2. The van der Waals surface area contributed by atoms with E-state index in [2.05, 4.69) is 10.6 Å². The molecule has 0 radical (unpaired) electrons. The minimum Gasteiger partial charge on any atom is -0.381 e. The first-order valence-electron chi connectivity index (χ1n) is 8.17. The summed E-state index contributed by atoms with van der Waals surface area (Å²) in [7, 11) is 1.74. The van der Waals surface area contributed by atoms with E-state index in [0.29, 0.717) is 23.7 Å². The van der Waals surface area contributed by atoms with Crippen molar-refractivity contribution in [3.8, 4) is 0 Å². The van der Waals surface area contributed by atoms with Gasteiger partial charge in [0.05, 0.1) is 11.0 Å². The molecule has 0 saturated carbocycles. The van der Waals surface area contributed by atoms with Gasteiger partial charge in [-0.05, 0) is 24.3 Å². The van der Waals surface area contributed by atoms with Crippen molar-refractivity contribution < 1.29 is 9.59 Å². The Hall–Kier alpha value is -1.95. The summed E-state index contributed by atoms with van der Waals surface area (Å²) in [5, 5.41) is 5.91. The van der Waals surface area contributed by atoms with Gasteiger partial charge in [-0.25, -0.2) is 0 Å². The zero-order valence-corrected chi connectivity index (χ0v) is 15.4. The Labute approximate surface area is 149 Å². The number of hydrogen-bond acceptors (Lipinski definition) is 3. The molecule has 0 fully saturated rings. The van der Waals surface area contributed by atoms with Gasteiger partial charge in [0.1, 0.15) is 0 Å². The Morgan fingerprint density at radius 1 is 1.21 bits per heavy atom. The van der Waals surface area contributed by atoms with Crippen molar-refractivity contribution in [2.24, 2.45) is 17.6 Å². The molecule has 1 rings (SSSR count). The van der Waals surface area contributed by atoms with Gasteiger partial charge in [-0.2, -0.15) is 0 Å². The fourth-order valence-corrected chi connectivity index (χ4v) is 2.76. The van der Waals surface area contributed by atoms with Crippen molar-refractivity contribution in [1.82, 2.24) is 10.6 Å². The standard InChI is InChI=1S/C18H27N3O2S/c1-12(2)9-14(11-16(19)22)17(23)21-15(18(24)20-3)10-13-7-5-4-6-8-13/h4-8,12,14-15H,9-11H2,1-3H3,(H2,19,22)(H,20,24)(H,21,23)/t14-,15+/m1/s1. The molecule has 24 heavy (non-hydrogen) atoms. The maximum absolute atomic E-state index is 12.6. The normalized spacial score (nSPS) is 13.2. The van der Waals surface area contributed by atoms with Crippen LogP contribution in [0.4, 0.5) is 0 Å². The molecule has 0 aromatic heterocycles. The van der Waals surface area contributed by atoms with Crippen LogP contribution in [0.25, 0.3) is 0 Å². The van der Waals surface area contributed by atoms with Crippen molar-refractivity contribution in [3.63, 3.8) is 0 Å². The molecule has 0 aliphatic rings. The quantitative estimate of drug-likeness (QED) is 0.594. The van der Waals surface area contributed by atoms with E-state index in [1.807, 2.05) is 44.2 Å². The van der Waals surface area contributed by atoms with Crippen LogP contribution in [0, 0.1) is 11.8 Å². The predicted octanol–water partition coefficient (Wildman–Crippen LogP) is 1.80. The lowest BCUT2D eigenvalue weighted by atomic mass is 9.92. The number of benzene rings is 1. The molecule has 5 nitrogen and oxygen atoms in total. The van der Waals surface area contributed by atoms with Crippen LogP contribution in [0.1, 0.15) is 32.3 Å². The number of likely N-dealkylation sites (N-methyl/N-ethyl adjacent to an activating group) is 1. The van der Waals surface area contributed by atoms with Crippen LogP contribution in [0.2, 0.25) is 0 Å². The van der Waals surface area contributed by atoms with Gasteiger partial charge in [-0.15, -0.1) is 0 Å². The first-order chi connectivity index (χ1) is 11.3. The lowest BCUT2D eigenvalue weighted by molar-refractivity contribution is -0.129. The monoisotopic (exact) mass is 349 g/mol. The number of hydrogen-bond donors (Lipinski definition) is 3. The minimum absolute atomic E-state index is 0.0500. The molecule has 0 aliphatic carbocycles. The Morgan fingerprint density at radius 3 is 2.33 bits per heavy atom. The number of carbonyl (C=O) groups excluding carboxylic acids is 2. The third kappa shape index (κ3) is 7.08. The van der Waals surface area contributed by atoms with E-state index >= 15 is 0 Å². The molecular formula is C18H27N3O2S. The molecule has 0 bridgehead atoms. The Kier molecular flexibility index (Phi) is 8.40. The number of nitrogens with two attached hydrogens (primary N) is 1. The maximum atomic E-state index is 12.6. The summed E-state index contributed by atoms with van der Waals surface area (Å²) in [6.07, 6.45) is 1.25. The van der Waals surface area contributed by atoms with Gasteiger partial charge < -0.3 is 16.4 Å². The SMILES string of the molecule is CNC(=S)[C@H](Cc1ccccc1)NC(=O)[C@@H](CC(N)=O)CC(C)C. The molecule has 0 heterocycles. The van der Waals surface area contributed by atoms with Crippen molar-refractivity contribution >= 4 is 29.0 Å².